The van der Waals surface area contributed by atoms with Crippen LogP contribution in [-0.2, 0) is 9.53 Å². The Morgan fingerprint density at radius 3 is 2.19 bits per heavy atom. The topological polar surface area (TPSA) is 71.3 Å². The monoisotopic (exact) mass is 414 g/mol. The maximum absolute atomic E-state index is 13.0. The first-order valence-corrected chi connectivity index (χ1v) is 10.2. The highest BCUT2D eigenvalue weighted by Gasteiger charge is 2.29. The van der Waals surface area contributed by atoms with Gasteiger partial charge in [0.25, 0.3) is 0 Å². The highest BCUT2D eigenvalue weighted by atomic mass is 16.5. The first-order chi connectivity index (χ1) is 15.0. The van der Waals surface area contributed by atoms with E-state index in [-0.39, 0.29) is 5.92 Å². The van der Waals surface area contributed by atoms with E-state index < -0.39 is 18.0 Å². The molecule has 0 saturated carbocycles. The number of para-hydroxylation sites is 1. The van der Waals surface area contributed by atoms with Crippen LogP contribution in [0.15, 0.2) is 78.9 Å². The molecule has 3 aromatic rings. The Kier molecular flexibility index (Phi) is 7.29. The molecule has 0 amide bonds. The minimum Gasteiger partial charge on any atom is -0.497 e. The predicted molar refractivity (Wildman–Crippen MR) is 121 cm³/mol. The molecule has 158 valence electrons. The average Bonchev–Trinajstić information content (AvgIpc) is 2.78. The van der Waals surface area contributed by atoms with Crippen LogP contribution in [0.5, 0.6) is 5.75 Å². The third-order valence-corrected chi connectivity index (χ3v) is 5.00. The zero-order chi connectivity index (χ0) is 22.2. The zero-order valence-electron chi connectivity index (χ0n) is 17.9. The van der Waals surface area contributed by atoms with Gasteiger partial charge in [-0.05, 0) is 47.9 Å². The quantitative estimate of drug-likeness (QED) is 0.459. The van der Waals surface area contributed by atoms with Crippen molar-refractivity contribution in [1.82, 2.24) is 0 Å². The van der Waals surface area contributed by atoms with Gasteiger partial charge in [-0.15, -0.1) is 0 Å². The molecule has 31 heavy (non-hydrogen) atoms. The maximum atomic E-state index is 13.0. The summed E-state index contributed by atoms with van der Waals surface area (Å²) in [4.78, 5) is 13.0. The third-order valence-electron chi connectivity index (χ3n) is 5.00. The molecule has 5 nitrogen and oxygen atoms in total. The van der Waals surface area contributed by atoms with Gasteiger partial charge in [-0.1, -0.05) is 56.3 Å². The summed E-state index contributed by atoms with van der Waals surface area (Å²) in [5.74, 6) is -0.177. The van der Waals surface area contributed by atoms with Crippen molar-refractivity contribution < 1.29 is 14.3 Å². The summed E-state index contributed by atoms with van der Waals surface area (Å²) in [6.07, 6.45) is -0.996. The van der Waals surface area contributed by atoms with Crippen LogP contribution in [0.25, 0.3) is 0 Å². The first-order valence-electron chi connectivity index (χ1n) is 10.2. The van der Waals surface area contributed by atoms with E-state index in [1.807, 2.05) is 86.6 Å². The number of nitrogens with one attached hydrogen (secondary N) is 1. The number of carbonyl (C=O) groups is 1. The molecular formula is C26H26N2O3. The summed E-state index contributed by atoms with van der Waals surface area (Å²) in [6.45, 7) is 3.92. The van der Waals surface area contributed by atoms with E-state index in [1.54, 1.807) is 13.2 Å². The second kappa shape index (κ2) is 10.3. The maximum Gasteiger partial charge on any atom is 0.315 e. The van der Waals surface area contributed by atoms with Gasteiger partial charge in [0.05, 0.1) is 13.0 Å². The third kappa shape index (κ3) is 5.64. The highest BCUT2D eigenvalue weighted by Crippen LogP contribution is 2.31. The Hall–Kier alpha value is -3.78. The smallest absolute Gasteiger partial charge is 0.315 e. The van der Waals surface area contributed by atoms with Gasteiger partial charge in [0.15, 0.2) is 0 Å². The molecule has 0 aromatic heterocycles. The van der Waals surface area contributed by atoms with Gasteiger partial charge in [-0.2, -0.15) is 5.26 Å². The fourth-order valence-electron chi connectivity index (χ4n) is 3.43. The molecule has 0 aliphatic heterocycles. The van der Waals surface area contributed by atoms with E-state index in [9.17, 15) is 10.1 Å². The molecule has 0 radical (unpaired) electrons. The summed E-state index contributed by atoms with van der Waals surface area (Å²) in [7, 11) is 1.60. The molecule has 2 unspecified atom stereocenters. The molecule has 0 saturated heterocycles. The molecule has 3 aromatic carbocycles. The lowest BCUT2D eigenvalue weighted by Crippen LogP contribution is -2.22. The van der Waals surface area contributed by atoms with E-state index in [1.165, 1.54) is 0 Å². The van der Waals surface area contributed by atoms with Gasteiger partial charge in [0.2, 0.25) is 6.10 Å². The Labute approximate surface area is 183 Å². The number of carbonyl (C=O) groups excluding carboxylic acids is 1. The number of nitriles is 1. The molecule has 5 heteroatoms. The zero-order valence-corrected chi connectivity index (χ0v) is 17.9. The average molecular weight is 415 g/mol. The molecular weight excluding hydrogens is 388 g/mol. The standard InChI is InChI=1S/C26H26N2O3/c1-18(2)25(19-12-14-23(30-3)15-13-19)26(29)31-24(17-27)20-8-7-11-22(16-20)28-21-9-5-4-6-10-21/h4-16,18,24-25,28H,1-3H3. The van der Waals surface area contributed by atoms with Gasteiger partial charge in [-0.25, -0.2) is 0 Å². The van der Waals surface area contributed by atoms with Crippen molar-refractivity contribution in [1.29, 1.82) is 5.26 Å². The van der Waals surface area contributed by atoms with Crippen LogP contribution in [0.2, 0.25) is 0 Å². The number of ether oxygens (including phenoxy) is 2. The molecule has 0 bridgehead atoms. The van der Waals surface area contributed by atoms with Crippen LogP contribution in [0.1, 0.15) is 37.0 Å². The number of hydrogen-bond donors (Lipinski definition) is 1. The fraction of sp³-hybridized carbons (Fsp3) is 0.231. The molecule has 0 aliphatic carbocycles. The second-order valence-electron chi connectivity index (χ2n) is 7.56. The highest BCUT2D eigenvalue weighted by molar-refractivity contribution is 5.79. The van der Waals surface area contributed by atoms with Crippen LogP contribution in [-0.4, -0.2) is 13.1 Å². The lowest BCUT2D eigenvalue weighted by atomic mass is 9.88. The molecule has 0 aliphatic rings. The number of esters is 1. The summed E-state index contributed by atoms with van der Waals surface area (Å²) in [5.41, 5.74) is 3.20. The van der Waals surface area contributed by atoms with E-state index in [0.29, 0.717) is 5.56 Å². The molecule has 2 atom stereocenters. The van der Waals surface area contributed by atoms with E-state index in [4.69, 9.17) is 9.47 Å². The fourth-order valence-corrected chi connectivity index (χ4v) is 3.43. The van der Waals surface area contributed by atoms with Crippen LogP contribution < -0.4 is 10.1 Å². The Bertz CT molecular complexity index is 1040. The predicted octanol–water partition coefficient (Wildman–Crippen LogP) is 5.99. The minimum atomic E-state index is -0.996. The second-order valence-corrected chi connectivity index (χ2v) is 7.56. The lowest BCUT2D eigenvalue weighted by Gasteiger charge is -2.22. The summed E-state index contributed by atoms with van der Waals surface area (Å²) in [6, 6.07) is 26.6. The van der Waals surface area contributed by atoms with Crippen molar-refractivity contribution >= 4 is 17.3 Å². The number of rotatable bonds is 8. The normalized spacial score (nSPS) is 12.5. The SMILES string of the molecule is COc1ccc(C(C(=O)OC(C#N)c2cccc(Nc3ccccc3)c2)C(C)C)cc1. The van der Waals surface area contributed by atoms with E-state index in [0.717, 1.165) is 22.7 Å². The number of methoxy groups -OCH3 is 1. The van der Waals surface area contributed by atoms with Crippen molar-refractivity contribution in [3.8, 4) is 11.8 Å². The van der Waals surface area contributed by atoms with Crippen molar-refractivity contribution in [2.75, 3.05) is 12.4 Å². The largest absolute Gasteiger partial charge is 0.497 e. The molecule has 3 rings (SSSR count). The van der Waals surface area contributed by atoms with Crippen molar-refractivity contribution in [2.24, 2.45) is 5.92 Å². The Morgan fingerprint density at radius 1 is 0.903 bits per heavy atom. The van der Waals surface area contributed by atoms with Gasteiger partial charge >= 0.3 is 5.97 Å². The summed E-state index contributed by atoms with van der Waals surface area (Å²) in [5, 5.41) is 13.0. The molecule has 0 heterocycles. The van der Waals surface area contributed by atoms with Crippen LogP contribution in [0, 0.1) is 17.2 Å². The molecule has 0 spiro atoms. The Morgan fingerprint density at radius 2 is 1.58 bits per heavy atom. The molecule has 0 fully saturated rings. The number of anilines is 2. The summed E-state index contributed by atoms with van der Waals surface area (Å²) >= 11 is 0. The number of hydrogen-bond acceptors (Lipinski definition) is 5. The van der Waals surface area contributed by atoms with E-state index in [2.05, 4.69) is 11.4 Å². The van der Waals surface area contributed by atoms with Crippen molar-refractivity contribution in [3.05, 3.63) is 90.0 Å². The van der Waals surface area contributed by atoms with Crippen molar-refractivity contribution in [2.45, 2.75) is 25.9 Å². The first kappa shape index (κ1) is 21.9. The van der Waals surface area contributed by atoms with Gasteiger partial charge in [0, 0.05) is 16.9 Å². The van der Waals surface area contributed by atoms with Crippen molar-refractivity contribution in [3.63, 3.8) is 0 Å². The van der Waals surface area contributed by atoms with Crippen LogP contribution in [0.3, 0.4) is 0 Å². The number of nitrogens with zero attached hydrogens (tertiary/aromatic N) is 1. The summed E-state index contributed by atoms with van der Waals surface area (Å²) < 4.78 is 10.9. The Balaban J connectivity index is 1.78. The molecule has 1 N–H and O–H groups in total. The van der Waals surface area contributed by atoms with Gasteiger partial charge < -0.3 is 14.8 Å². The van der Waals surface area contributed by atoms with Gasteiger partial charge in [0.1, 0.15) is 11.8 Å². The van der Waals surface area contributed by atoms with Gasteiger partial charge in [-0.3, -0.25) is 4.79 Å². The van der Waals surface area contributed by atoms with Crippen LogP contribution >= 0.6 is 0 Å². The van der Waals surface area contributed by atoms with E-state index >= 15 is 0 Å². The van der Waals surface area contributed by atoms with Crippen LogP contribution in [0.4, 0.5) is 11.4 Å². The lowest BCUT2D eigenvalue weighted by molar-refractivity contribution is -0.150. The number of benzene rings is 3. The minimum absolute atomic E-state index is 0.00585.